The van der Waals surface area contributed by atoms with Crippen LogP contribution in [0.3, 0.4) is 0 Å². The molecule has 29 heavy (non-hydrogen) atoms. The number of benzene rings is 2. The fraction of sp³-hybridized carbons (Fsp3) is 0.316. The van der Waals surface area contributed by atoms with Crippen LogP contribution >= 0.6 is 11.6 Å². The monoisotopic (exact) mass is 440 g/mol. The zero-order valence-corrected chi connectivity index (χ0v) is 17.5. The van der Waals surface area contributed by atoms with Crippen molar-refractivity contribution in [3.8, 4) is 17.2 Å². The third-order valence-electron chi connectivity index (χ3n) is 4.25. The molecule has 0 spiro atoms. The van der Waals surface area contributed by atoms with Crippen LogP contribution < -0.4 is 23.8 Å². The van der Waals surface area contributed by atoms with Crippen LogP contribution in [0.25, 0.3) is 0 Å². The summed E-state index contributed by atoms with van der Waals surface area (Å²) in [5, 5.41) is 3.12. The van der Waals surface area contributed by atoms with Crippen LogP contribution in [0.1, 0.15) is 12.8 Å². The summed E-state index contributed by atoms with van der Waals surface area (Å²) in [5.41, 5.74) is 0.996. The van der Waals surface area contributed by atoms with Crippen LogP contribution in [0, 0.1) is 0 Å². The topological polar surface area (TPSA) is 94.2 Å². The molecule has 10 heteroatoms. The van der Waals surface area contributed by atoms with Crippen molar-refractivity contribution in [1.29, 1.82) is 0 Å². The van der Waals surface area contributed by atoms with E-state index in [4.69, 9.17) is 25.8 Å². The molecule has 1 heterocycles. The third-order valence-corrected chi connectivity index (χ3v) is 5.73. The number of hydrogen-bond acceptors (Lipinski definition) is 6. The van der Waals surface area contributed by atoms with Crippen LogP contribution in [0.15, 0.2) is 36.4 Å². The first-order valence-corrected chi connectivity index (χ1v) is 11.0. The number of anilines is 2. The van der Waals surface area contributed by atoms with Gasteiger partial charge in [0.15, 0.2) is 11.5 Å². The number of hydrogen-bond donors (Lipinski definition) is 1. The molecule has 0 fully saturated rings. The minimum Gasteiger partial charge on any atom is -0.495 e. The molecule has 0 saturated carbocycles. The minimum absolute atomic E-state index is 0.104. The number of carbonyl (C=O) groups is 1. The molecule has 0 saturated heterocycles. The Kier molecular flexibility index (Phi) is 6.39. The molecular weight excluding hydrogens is 420 g/mol. The number of ether oxygens (including phenoxy) is 3. The lowest BCUT2D eigenvalue weighted by Gasteiger charge is -2.22. The van der Waals surface area contributed by atoms with Gasteiger partial charge in [-0.15, -0.1) is 0 Å². The predicted molar refractivity (Wildman–Crippen MR) is 111 cm³/mol. The van der Waals surface area contributed by atoms with Gasteiger partial charge in [0.25, 0.3) is 0 Å². The Morgan fingerprint density at radius 3 is 2.66 bits per heavy atom. The van der Waals surface area contributed by atoms with Crippen LogP contribution in [0.4, 0.5) is 11.4 Å². The second kappa shape index (κ2) is 8.79. The van der Waals surface area contributed by atoms with E-state index in [1.165, 1.54) is 11.4 Å². The Morgan fingerprint density at radius 2 is 1.97 bits per heavy atom. The van der Waals surface area contributed by atoms with Crippen molar-refractivity contribution in [2.75, 3.05) is 36.3 Å². The van der Waals surface area contributed by atoms with Gasteiger partial charge in [0, 0.05) is 24.7 Å². The Balaban J connectivity index is 1.60. The van der Waals surface area contributed by atoms with E-state index in [2.05, 4.69) is 5.32 Å². The Labute approximate surface area is 174 Å². The fourth-order valence-corrected chi connectivity index (χ4v) is 4.09. The molecule has 0 bridgehead atoms. The van der Waals surface area contributed by atoms with Gasteiger partial charge >= 0.3 is 0 Å². The highest BCUT2D eigenvalue weighted by molar-refractivity contribution is 7.92. The van der Waals surface area contributed by atoms with Gasteiger partial charge in [-0.2, -0.15) is 0 Å². The normalized spacial score (nSPS) is 12.5. The van der Waals surface area contributed by atoms with Crippen molar-refractivity contribution in [3.05, 3.63) is 41.4 Å². The number of rotatable bonds is 8. The summed E-state index contributed by atoms with van der Waals surface area (Å²) in [7, 11) is -2.02. The summed E-state index contributed by atoms with van der Waals surface area (Å²) in [4.78, 5) is 12.2. The minimum atomic E-state index is -3.53. The van der Waals surface area contributed by atoms with Crippen LogP contribution in [-0.2, 0) is 14.8 Å². The van der Waals surface area contributed by atoms with Crippen molar-refractivity contribution < 1.29 is 27.4 Å². The quantitative estimate of drug-likeness (QED) is 0.677. The van der Waals surface area contributed by atoms with E-state index < -0.39 is 10.0 Å². The van der Waals surface area contributed by atoms with Crippen molar-refractivity contribution in [2.24, 2.45) is 0 Å². The van der Waals surface area contributed by atoms with Crippen LogP contribution in [-0.4, -0.2) is 41.0 Å². The maximum atomic E-state index is 12.2. The third kappa shape index (κ3) is 5.24. The summed E-state index contributed by atoms with van der Waals surface area (Å²) < 4.78 is 41.3. The molecule has 1 N–H and O–H groups in total. The zero-order chi connectivity index (χ0) is 21.0. The summed E-state index contributed by atoms with van der Waals surface area (Å²) in [6.07, 6.45) is 1.59. The largest absolute Gasteiger partial charge is 0.495 e. The van der Waals surface area contributed by atoms with Gasteiger partial charge < -0.3 is 19.5 Å². The highest BCUT2D eigenvalue weighted by Gasteiger charge is 2.21. The van der Waals surface area contributed by atoms with E-state index >= 15 is 0 Å². The lowest BCUT2D eigenvalue weighted by atomic mass is 10.2. The number of nitrogens with one attached hydrogen (secondary N) is 1. The first-order valence-electron chi connectivity index (χ1n) is 8.78. The average Bonchev–Trinajstić information content (AvgIpc) is 3.12. The number of fused-ring (bicyclic) bond motifs is 1. The second-order valence-electron chi connectivity index (χ2n) is 6.37. The van der Waals surface area contributed by atoms with E-state index in [-0.39, 0.29) is 25.7 Å². The van der Waals surface area contributed by atoms with E-state index in [0.29, 0.717) is 40.1 Å². The number of methoxy groups -OCH3 is 1. The zero-order valence-electron chi connectivity index (χ0n) is 16.0. The maximum absolute atomic E-state index is 12.2. The molecule has 156 valence electrons. The number of halogens is 1. The number of nitrogens with zero attached hydrogens (tertiary/aromatic N) is 1. The predicted octanol–water partition coefficient (Wildman–Crippen LogP) is 3.26. The van der Waals surface area contributed by atoms with Gasteiger partial charge in [0.05, 0.1) is 24.1 Å². The van der Waals surface area contributed by atoms with Gasteiger partial charge in [-0.25, -0.2) is 8.42 Å². The molecule has 0 unspecified atom stereocenters. The molecule has 3 rings (SSSR count). The molecule has 0 atom stereocenters. The van der Waals surface area contributed by atoms with Gasteiger partial charge in [0.2, 0.25) is 22.7 Å². The Hall–Kier alpha value is -2.65. The van der Waals surface area contributed by atoms with E-state index in [1.54, 1.807) is 36.4 Å². The highest BCUT2D eigenvalue weighted by atomic mass is 35.5. The van der Waals surface area contributed by atoms with Gasteiger partial charge in [-0.1, -0.05) is 11.6 Å². The van der Waals surface area contributed by atoms with Gasteiger partial charge in [-0.05, 0) is 36.8 Å². The molecule has 2 aromatic rings. The van der Waals surface area contributed by atoms with E-state index in [9.17, 15) is 13.2 Å². The number of sulfonamides is 1. The summed E-state index contributed by atoms with van der Waals surface area (Å²) >= 11 is 6.05. The highest BCUT2D eigenvalue weighted by Crippen LogP contribution is 2.36. The summed E-state index contributed by atoms with van der Waals surface area (Å²) in [6, 6.07) is 9.85. The van der Waals surface area contributed by atoms with E-state index in [1.807, 2.05) is 0 Å². The van der Waals surface area contributed by atoms with Crippen molar-refractivity contribution >= 4 is 38.9 Å². The van der Waals surface area contributed by atoms with E-state index in [0.717, 1.165) is 6.26 Å². The molecule has 8 nitrogen and oxygen atoms in total. The first kappa shape index (κ1) is 21.1. The van der Waals surface area contributed by atoms with Crippen molar-refractivity contribution in [1.82, 2.24) is 0 Å². The summed E-state index contributed by atoms with van der Waals surface area (Å²) in [5.74, 6) is 1.33. The molecule has 1 aliphatic heterocycles. The second-order valence-corrected chi connectivity index (χ2v) is 8.69. The summed E-state index contributed by atoms with van der Waals surface area (Å²) in [6.45, 7) is 0.252. The van der Waals surface area contributed by atoms with Crippen LogP contribution in [0.5, 0.6) is 17.2 Å². The fourth-order valence-electron chi connectivity index (χ4n) is 2.88. The lowest BCUT2D eigenvalue weighted by Crippen LogP contribution is -2.31. The standard InChI is InChI=1S/C19H21ClN2O6S/c1-26-16-7-5-13(10-15(16)20)21-19(23)4-3-9-22(29(2,24)25)14-6-8-17-18(11-14)28-12-27-17/h5-8,10-11H,3-4,9,12H2,1-2H3,(H,21,23). The SMILES string of the molecule is COc1ccc(NC(=O)CCCN(c2ccc3c(c2)OCO3)S(C)(=O)=O)cc1Cl. The molecule has 0 radical (unpaired) electrons. The van der Waals surface area contributed by atoms with Gasteiger partial charge in [0.1, 0.15) is 5.75 Å². The molecule has 0 aromatic heterocycles. The van der Waals surface area contributed by atoms with Crippen molar-refractivity contribution in [2.45, 2.75) is 12.8 Å². The Morgan fingerprint density at radius 1 is 1.21 bits per heavy atom. The van der Waals surface area contributed by atoms with Crippen molar-refractivity contribution in [3.63, 3.8) is 0 Å². The first-order chi connectivity index (χ1) is 13.8. The van der Waals surface area contributed by atoms with Gasteiger partial charge in [-0.3, -0.25) is 9.10 Å². The Bertz CT molecular complexity index is 1010. The molecule has 0 aliphatic carbocycles. The average molecular weight is 441 g/mol. The number of carbonyl (C=O) groups excluding carboxylic acids is 1. The molecule has 1 aliphatic rings. The lowest BCUT2D eigenvalue weighted by molar-refractivity contribution is -0.116. The maximum Gasteiger partial charge on any atom is 0.232 e. The number of amides is 1. The molecule has 1 amide bonds. The smallest absolute Gasteiger partial charge is 0.232 e. The molecular formula is C19H21ClN2O6S. The molecule has 2 aromatic carbocycles. The van der Waals surface area contributed by atoms with Crippen LogP contribution in [0.2, 0.25) is 5.02 Å².